The van der Waals surface area contributed by atoms with Crippen molar-refractivity contribution in [2.75, 3.05) is 6.54 Å². The highest BCUT2D eigenvalue weighted by atomic mass is 16.2. The van der Waals surface area contributed by atoms with Gasteiger partial charge in [0, 0.05) is 37.7 Å². The van der Waals surface area contributed by atoms with Crippen LogP contribution in [0.25, 0.3) is 11.1 Å². The third-order valence-corrected chi connectivity index (χ3v) is 5.46. The van der Waals surface area contributed by atoms with E-state index in [0.717, 1.165) is 48.2 Å². The second kappa shape index (κ2) is 7.97. The van der Waals surface area contributed by atoms with Crippen molar-refractivity contribution in [3.8, 4) is 11.1 Å². The first kappa shape index (κ1) is 18.4. The van der Waals surface area contributed by atoms with Crippen molar-refractivity contribution in [1.29, 1.82) is 0 Å². The number of benzene rings is 1. The van der Waals surface area contributed by atoms with Crippen molar-refractivity contribution < 1.29 is 4.79 Å². The predicted octanol–water partition coefficient (Wildman–Crippen LogP) is 4.09. The Morgan fingerprint density at radius 3 is 2.61 bits per heavy atom. The molecule has 0 N–H and O–H groups in total. The molecule has 1 amide bonds. The minimum Gasteiger partial charge on any atom is -0.334 e. The standard InChI is InChI=1S/C23H26N4O/c1-17-6-8-18(9-7-17)15-22(28)27-14-4-3-5-21(27)23-20(16-26(2)25-23)19-10-12-24-13-11-19/h6-13,16,21H,3-5,14-15H2,1-2H3. The lowest BCUT2D eigenvalue weighted by Crippen LogP contribution is -2.39. The van der Waals surface area contributed by atoms with Gasteiger partial charge in [0.1, 0.15) is 0 Å². The molecule has 1 fully saturated rings. The molecule has 28 heavy (non-hydrogen) atoms. The molecule has 1 unspecified atom stereocenters. The van der Waals surface area contributed by atoms with Crippen LogP contribution >= 0.6 is 0 Å². The number of aromatic nitrogens is 3. The van der Waals surface area contributed by atoms with E-state index < -0.39 is 0 Å². The van der Waals surface area contributed by atoms with Crippen LogP contribution in [-0.2, 0) is 18.3 Å². The number of nitrogens with zero attached hydrogens (tertiary/aromatic N) is 4. The summed E-state index contributed by atoms with van der Waals surface area (Å²) in [6.07, 6.45) is 9.20. The lowest BCUT2D eigenvalue weighted by molar-refractivity contribution is -0.134. The van der Waals surface area contributed by atoms with Gasteiger partial charge in [0.15, 0.2) is 0 Å². The molecule has 1 saturated heterocycles. The molecule has 1 aliphatic rings. The van der Waals surface area contributed by atoms with Crippen LogP contribution in [0.2, 0.25) is 0 Å². The lowest BCUT2D eigenvalue weighted by atomic mass is 9.94. The average molecular weight is 374 g/mol. The number of amides is 1. The lowest BCUT2D eigenvalue weighted by Gasteiger charge is -2.35. The zero-order valence-electron chi connectivity index (χ0n) is 16.5. The third-order valence-electron chi connectivity index (χ3n) is 5.46. The number of hydrogen-bond donors (Lipinski definition) is 0. The zero-order chi connectivity index (χ0) is 19.5. The van der Waals surface area contributed by atoms with Gasteiger partial charge < -0.3 is 4.90 Å². The number of pyridine rings is 1. The molecule has 1 atom stereocenters. The Labute approximate surface area is 166 Å². The summed E-state index contributed by atoms with van der Waals surface area (Å²) in [6.45, 7) is 2.86. The van der Waals surface area contributed by atoms with E-state index in [1.54, 1.807) is 12.4 Å². The third kappa shape index (κ3) is 3.84. The molecule has 3 heterocycles. The van der Waals surface area contributed by atoms with Crippen molar-refractivity contribution in [2.24, 2.45) is 7.05 Å². The topological polar surface area (TPSA) is 51.0 Å². The van der Waals surface area contributed by atoms with Crippen LogP contribution in [0.15, 0.2) is 55.0 Å². The quantitative estimate of drug-likeness (QED) is 0.691. The first-order chi connectivity index (χ1) is 13.6. The molecule has 2 aromatic heterocycles. The monoisotopic (exact) mass is 374 g/mol. The highest BCUT2D eigenvalue weighted by Crippen LogP contribution is 2.36. The highest BCUT2D eigenvalue weighted by Gasteiger charge is 2.31. The largest absolute Gasteiger partial charge is 0.334 e. The SMILES string of the molecule is Cc1ccc(CC(=O)N2CCCCC2c2nn(C)cc2-c2ccncc2)cc1. The predicted molar refractivity (Wildman–Crippen MR) is 110 cm³/mol. The second-order valence-corrected chi connectivity index (χ2v) is 7.60. The maximum Gasteiger partial charge on any atom is 0.227 e. The molecule has 1 aromatic carbocycles. The zero-order valence-corrected chi connectivity index (χ0v) is 16.5. The molecule has 5 heteroatoms. The highest BCUT2D eigenvalue weighted by molar-refractivity contribution is 5.80. The average Bonchev–Trinajstić information content (AvgIpc) is 3.12. The van der Waals surface area contributed by atoms with E-state index in [4.69, 9.17) is 5.10 Å². The van der Waals surface area contributed by atoms with Crippen molar-refractivity contribution in [3.63, 3.8) is 0 Å². The minimum atomic E-state index is 0.0241. The van der Waals surface area contributed by atoms with Gasteiger partial charge in [-0.2, -0.15) is 5.10 Å². The van der Waals surface area contributed by atoms with E-state index in [1.165, 1.54) is 5.56 Å². The first-order valence-electron chi connectivity index (χ1n) is 9.91. The fourth-order valence-corrected chi connectivity index (χ4v) is 4.00. The molecule has 1 aliphatic heterocycles. The number of aryl methyl sites for hydroxylation is 2. The van der Waals surface area contributed by atoms with Crippen LogP contribution in [0, 0.1) is 6.92 Å². The molecule has 144 valence electrons. The smallest absolute Gasteiger partial charge is 0.227 e. The van der Waals surface area contributed by atoms with Gasteiger partial charge in [-0.1, -0.05) is 29.8 Å². The second-order valence-electron chi connectivity index (χ2n) is 7.60. The van der Waals surface area contributed by atoms with Gasteiger partial charge in [-0.25, -0.2) is 0 Å². The van der Waals surface area contributed by atoms with Crippen molar-refractivity contribution in [2.45, 2.75) is 38.6 Å². The van der Waals surface area contributed by atoms with Gasteiger partial charge in [-0.15, -0.1) is 0 Å². The molecule has 5 nitrogen and oxygen atoms in total. The molecular formula is C23H26N4O. The van der Waals surface area contributed by atoms with Gasteiger partial charge in [0.05, 0.1) is 18.2 Å². The molecule has 0 bridgehead atoms. The van der Waals surface area contributed by atoms with Crippen LogP contribution < -0.4 is 0 Å². The summed E-state index contributed by atoms with van der Waals surface area (Å²) >= 11 is 0. The van der Waals surface area contributed by atoms with Gasteiger partial charge in [-0.05, 0) is 49.4 Å². The fraction of sp³-hybridized carbons (Fsp3) is 0.348. The van der Waals surface area contributed by atoms with E-state index in [-0.39, 0.29) is 11.9 Å². The Bertz CT molecular complexity index is 946. The number of rotatable bonds is 4. The molecular weight excluding hydrogens is 348 g/mol. The van der Waals surface area contributed by atoms with E-state index in [9.17, 15) is 4.79 Å². The number of piperidine rings is 1. The van der Waals surface area contributed by atoms with Crippen LogP contribution in [0.5, 0.6) is 0 Å². The Kier molecular flexibility index (Phi) is 5.24. The number of likely N-dealkylation sites (tertiary alicyclic amines) is 1. The summed E-state index contributed by atoms with van der Waals surface area (Å²) in [6, 6.07) is 12.3. The summed E-state index contributed by atoms with van der Waals surface area (Å²) in [7, 11) is 1.94. The van der Waals surface area contributed by atoms with E-state index in [0.29, 0.717) is 6.42 Å². The van der Waals surface area contributed by atoms with Gasteiger partial charge >= 0.3 is 0 Å². The molecule has 0 radical (unpaired) electrons. The summed E-state index contributed by atoms with van der Waals surface area (Å²) in [5.41, 5.74) is 5.45. The van der Waals surface area contributed by atoms with Crippen LogP contribution in [0.3, 0.4) is 0 Å². The Morgan fingerprint density at radius 2 is 1.86 bits per heavy atom. The summed E-state index contributed by atoms with van der Waals surface area (Å²) in [4.78, 5) is 19.3. The molecule has 0 spiro atoms. The van der Waals surface area contributed by atoms with E-state index >= 15 is 0 Å². The van der Waals surface area contributed by atoms with Crippen molar-refractivity contribution >= 4 is 5.91 Å². The maximum absolute atomic E-state index is 13.2. The molecule has 3 aromatic rings. The fourth-order valence-electron chi connectivity index (χ4n) is 4.00. The number of hydrogen-bond acceptors (Lipinski definition) is 3. The van der Waals surface area contributed by atoms with Crippen LogP contribution in [0.1, 0.15) is 42.1 Å². The number of carbonyl (C=O) groups excluding carboxylic acids is 1. The molecule has 4 rings (SSSR count). The Morgan fingerprint density at radius 1 is 1.11 bits per heavy atom. The molecule has 0 aliphatic carbocycles. The van der Waals surface area contributed by atoms with Crippen LogP contribution in [-0.4, -0.2) is 32.1 Å². The van der Waals surface area contributed by atoms with E-state index in [2.05, 4.69) is 36.2 Å². The number of carbonyl (C=O) groups is 1. The summed E-state index contributed by atoms with van der Waals surface area (Å²) < 4.78 is 1.85. The van der Waals surface area contributed by atoms with Crippen molar-refractivity contribution in [1.82, 2.24) is 19.7 Å². The van der Waals surface area contributed by atoms with Gasteiger partial charge in [-0.3, -0.25) is 14.5 Å². The Balaban J connectivity index is 1.63. The van der Waals surface area contributed by atoms with E-state index in [1.807, 2.05) is 35.0 Å². The molecule has 0 saturated carbocycles. The maximum atomic E-state index is 13.2. The van der Waals surface area contributed by atoms with Gasteiger partial charge in [0.25, 0.3) is 0 Å². The first-order valence-corrected chi connectivity index (χ1v) is 9.91. The normalized spacial score (nSPS) is 16.9. The van der Waals surface area contributed by atoms with Crippen LogP contribution in [0.4, 0.5) is 0 Å². The van der Waals surface area contributed by atoms with Gasteiger partial charge in [0.2, 0.25) is 5.91 Å². The summed E-state index contributed by atoms with van der Waals surface area (Å²) in [5.74, 6) is 0.180. The summed E-state index contributed by atoms with van der Waals surface area (Å²) in [5, 5.41) is 4.76. The minimum absolute atomic E-state index is 0.0241. The van der Waals surface area contributed by atoms with Crippen molar-refractivity contribution in [3.05, 3.63) is 71.8 Å². The Hall–Kier alpha value is -2.95.